The fourth-order valence-electron chi connectivity index (χ4n) is 1.91. The number of amides is 1. The van der Waals surface area contributed by atoms with Gasteiger partial charge in [-0.1, -0.05) is 13.8 Å². The molecule has 1 aromatic rings. The van der Waals surface area contributed by atoms with Crippen molar-refractivity contribution in [1.29, 1.82) is 0 Å². The van der Waals surface area contributed by atoms with Gasteiger partial charge in [0.1, 0.15) is 11.8 Å². The lowest BCUT2D eigenvalue weighted by molar-refractivity contribution is -0.686. The Morgan fingerprint density at radius 1 is 1.27 bits per heavy atom. The van der Waals surface area contributed by atoms with Crippen molar-refractivity contribution in [3.63, 3.8) is 0 Å². The van der Waals surface area contributed by atoms with Gasteiger partial charge in [-0.25, -0.2) is 0 Å². The van der Waals surface area contributed by atoms with E-state index in [2.05, 4.69) is 5.32 Å². The Morgan fingerprint density at radius 2 is 1.91 bits per heavy atom. The van der Waals surface area contributed by atoms with E-state index in [4.69, 9.17) is 4.74 Å². The molecule has 22 heavy (non-hydrogen) atoms. The number of carboxylic acid groups (broad SMARTS) is 1. The van der Waals surface area contributed by atoms with Crippen LogP contribution in [0.3, 0.4) is 0 Å². The summed E-state index contributed by atoms with van der Waals surface area (Å²) in [7, 11) is 0. The van der Waals surface area contributed by atoms with Gasteiger partial charge in [0.15, 0.2) is 0 Å². The first-order valence-electron chi connectivity index (χ1n) is 7.49. The number of aliphatic carboxylic acids is 1. The molecule has 0 spiro atoms. The number of ether oxygens (including phenoxy) is 1. The zero-order valence-electron chi connectivity index (χ0n) is 13.3. The number of hydrogen-bond acceptors (Lipinski definition) is 4. The lowest BCUT2D eigenvalue weighted by Gasteiger charge is -2.17. The molecular formula is C16H24N2O4. The maximum absolute atomic E-state index is 11.9. The summed E-state index contributed by atoms with van der Waals surface area (Å²) in [6, 6.07) is 6.06. The molecule has 0 fully saturated rings. The van der Waals surface area contributed by atoms with E-state index in [1.54, 1.807) is 29.6 Å². The summed E-state index contributed by atoms with van der Waals surface area (Å²) in [5.41, 5.74) is 0.606. The molecule has 1 amide bonds. The van der Waals surface area contributed by atoms with E-state index in [9.17, 15) is 14.7 Å². The fraction of sp³-hybridized carbons (Fsp3) is 0.500. The third-order valence-electron chi connectivity index (χ3n) is 3.05. The fourth-order valence-corrected chi connectivity index (χ4v) is 1.91. The first-order chi connectivity index (χ1) is 10.4. The highest BCUT2D eigenvalue weighted by atomic mass is 16.5. The molecular weight excluding hydrogens is 284 g/mol. The number of quaternary nitrogens is 1. The van der Waals surface area contributed by atoms with E-state index < -0.39 is 12.0 Å². The van der Waals surface area contributed by atoms with Crippen molar-refractivity contribution in [2.45, 2.75) is 33.2 Å². The van der Waals surface area contributed by atoms with Crippen molar-refractivity contribution in [3.05, 3.63) is 24.3 Å². The van der Waals surface area contributed by atoms with Crippen LogP contribution < -0.4 is 20.5 Å². The Kier molecular flexibility index (Phi) is 7.39. The second-order valence-corrected chi connectivity index (χ2v) is 5.50. The van der Waals surface area contributed by atoms with Crippen molar-refractivity contribution in [1.82, 2.24) is 0 Å². The normalized spacial score (nSPS) is 12.0. The average Bonchev–Trinajstić information content (AvgIpc) is 2.45. The molecule has 0 radical (unpaired) electrons. The molecule has 0 aromatic heterocycles. The van der Waals surface area contributed by atoms with Gasteiger partial charge in [-0.15, -0.1) is 0 Å². The summed E-state index contributed by atoms with van der Waals surface area (Å²) in [5.74, 6) is -0.504. The number of anilines is 1. The van der Waals surface area contributed by atoms with Crippen molar-refractivity contribution >= 4 is 17.6 Å². The summed E-state index contributed by atoms with van der Waals surface area (Å²) >= 11 is 0. The van der Waals surface area contributed by atoms with E-state index in [0.29, 0.717) is 24.8 Å². The third-order valence-corrected chi connectivity index (χ3v) is 3.05. The van der Waals surface area contributed by atoms with E-state index >= 15 is 0 Å². The van der Waals surface area contributed by atoms with Crippen LogP contribution in [0.4, 0.5) is 5.69 Å². The van der Waals surface area contributed by atoms with Crippen molar-refractivity contribution in [2.75, 3.05) is 18.5 Å². The summed E-state index contributed by atoms with van der Waals surface area (Å²) in [5, 5.41) is 15.4. The molecule has 122 valence electrons. The standard InChI is InChI=1S/C16H24N2O4/c1-4-22-13-7-5-12(6-8-13)18-15(19)9-14(16(20)21)17-10-11(2)3/h5-8,11,14,17H,4,9-10H2,1-3H3,(H,18,19)(H,20,21)/t14-/m0/s1. The molecule has 0 unspecified atom stereocenters. The van der Waals surface area contributed by atoms with Crippen LogP contribution >= 0.6 is 0 Å². The minimum atomic E-state index is -1.22. The molecule has 3 N–H and O–H groups in total. The largest absolute Gasteiger partial charge is 0.544 e. The number of nitrogens with one attached hydrogen (secondary N) is 1. The molecule has 0 saturated carbocycles. The molecule has 0 heterocycles. The maximum atomic E-state index is 11.9. The van der Waals surface area contributed by atoms with Crippen molar-refractivity contribution in [3.8, 4) is 5.75 Å². The maximum Gasteiger partial charge on any atom is 0.230 e. The van der Waals surface area contributed by atoms with Crippen molar-refractivity contribution < 1.29 is 24.7 Å². The van der Waals surface area contributed by atoms with Gasteiger partial charge in [0.25, 0.3) is 0 Å². The number of hydrogen-bond donors (Lipinski definition) is 2. The van der Waals surface area contributed by atoms with Crippen LogP contribution in [0.15, 0.2) is 24.3 Å². The minimum Gasteiger partial charge on any atom is -0.544 e. The van der Waals surface area contributed by atoms with E-state index in [1.807, 2.05) is 20.8 Å². The highest BCUT2D eigenvalue weighted by Crippen LogP contribution is 2.15. The van der Waals surface area contributed by atoms with Crippen LogP contribution in [-0.2, 0) is 9.59 Å². The first kappa shape index (κ1) is 18.0. The molecule has 1 atom stereocenters. The first-order valence-corrected chi connectivity index (χ1v) is 7.49. The molecule has 0 aliphatic carbocycles. The van der Waals surface area contributed by atoms with Gasteiger partial charge in [-0.05, 0) is 31.2 Å². The summed E-state index contributed by atoms with van der Waals surface area (Å²) in [6.45, 7) is 7.08. The van der Waals surface area contributed by atoms with Crippen LogP contribution in [0.2, 0.25) is 0 Å². The van der Waals surface area contributed by atoms with Crippen LogP contribution in [0.25, 0.3) is 0 Å². The van der Waals surface area contributed by atoms with Crippen molar-refractivity contribution in [2.24, 2.45) is 5.92 Å². The second-order valence-electron chi connectivity index (χ2n) is 5.50. The van der Waals surface area contributed by atoms with Gasteiger partial charge < -0.3 is 25.3 Å². The molecule has 1 rings (SSSR count). The Hall–Kier alpha value is -2.08. The number of benzene rings is 1. The van der Waals surface area contributed by atoms with Gasteiger partial charge in [0.05, 0.1) is 25.5 Å². The number of rotatable bonds is 9. The predicted molar refractivity (Wildman–Crippen MR) is 81.3 cm³/mol. The zero-order valence-corrected chi connectivity index (χ0v) is 13.3. The van der Waals surface area contributed by atoms with Gasteiger partial charge in [-0.3, -0.25) is 4.79 Å². The van der Waals surface area contributed by atoms with Crippen LogP contribution in [-0.4, -0.2) is 31.1 Å². The topological polar surface area (TPSA) is 95.1 Å². The molecule has 6 nitrogen and oxygen atoms in total. The SMILES string of the molecule is CCOc1ccc(NC(=O)C[C@H]([NH2+]CC(C)C)C(=O)[O-])cc1. The minimum absolute atomic E-state index is 0.123. The smallest absolute Gasteiger partial charge is 0.230 e. The summed E-state index contributed by atoms with van der Waals surface area (Å²) in [6.07, 6.45) is -0.123. The molecule has 0 aliphatic rings. The van der Waals surface area contributed by atoms with Gasteiger partial charge in [-0.2, -0.15) is 0 Å². The van der Waals surface area contributed by atoms with Gasteiger partial charge in [0.2, 0.25) is 5.91 Å². The molecule has 0 bridgehead atoms. The zero-order chi connectivity index (χ0) is 16.5. The Balaban J connectivity index is 2.53. The van der Waals surface area contributed by atoms with Crippen LogP contribution in [0.1, 0.15) is 27.2 Å². The number of carbonyl (C=O) groups is 2. The quantitative estimate of drug-likeness (QED) is 0.658. The van der Waals surface area contributed by atoms with Crippen LogP contribution in [0.5, 0.6) is 5.75 Å². The summed E-state index contributed by atoms with van der Waals surface area (Å²) < 4.78 is 5.31. The van der Waals surface area contributed by atoms with Gasteiger partial charge >= 0.3 is 0 Å². The third kappa shape index (κ3) is 6.58. The van der Waals surface area contributed by atoms with E-state index in [1.165, 1.54) is 0 Å². The van der Waals surface area contributed by atoms with E-state index in [-0.39, 0.29) is 12.3 Å². The van der Waals surface area contributed by atoms with E-state index in [0.717, 1.165) is 5.75 Å². The summed E-state index contributed by atoms with van der Waals surface area (Å²) in [4.78, 5) is 23.0. The molecule has 1 aromatic carbocycles. The molecule has 0 saturated heterocycles. The number of nitrogens with two attached hydrogens (primary N) is 1. The Bertz CT molecular complexity index is 485. The highest BCUT2D eigenvalue weighted by Gasteiger charge is 2.18. The average molecular weight is 308 g/mol. The monoisotopic (exact) mass is 308 g/mol. The highest BCUT2D eigenvalue weighted by molar-refractivity contribution is 5.93. The number of carboxylic acids is 1. The molecule has 0 aliphatic heterocycles. The van der Waals surface area contributed by atoms with Gasteiger partial charge in [0, 0.05) is 11.6 Å². The molecule has 6 heteroatoms. The lowest BCUT2D eigenvalue weighted by Crippen LogP contribution is -2.94. The Labute approximate surface area is 130 Å². The Morgan fingerprint density at radius 3 is 2.41 bits per heavy atom. The second kappa shape index (κ2) is 9.04. The lowest BCUT2D eigenvalue weighted by atomic mass is 10.1. The van der Waals surface area contributed by atoms with Crippen LogP contribution in [0, 0.1) is 5.92 Å². The predicted octanol–water partition coefficient (Wildman–Crippen LogP) is -0.248. The number of carbonyl (C=O) groups excluding carboxylic acids is 2.